The largest absolute Gasteiger partial charge is 0.468 e. The second-order valence-electron chi connectivity index (χ2n) is 2.45. The molecule has 0 amide bonds. The first kappa shape index (κ1) is 8.46. The van der Waals surface area contributed by atoms with Gasteiger partial charge in [0.1, 0.15) is 5.25 Å². The fraction of sp³-hybridized carbons (Fsp3) is 0.571. The molecule has 1 aliphatic rings. The van der Waals surface area contributed by atoms with Crippen molar-refractivity contribution in [2.45, 2.75) is 12.2 Å². The summed E-state index contributed by atoms with van der Waals surface area (Å²) in [6, 6.07) is 0. The fourth-order valence-electron chi connectivity index (χ4n) is 0.907. The second kappa shape index (κ2) is 3.17. The molecule has 0 spiro atoms. The van der Waals surface area contributed by atoms with Gasteiger partial charge in [0.25, 0.3) is 0 Å². The number of hydrogen-bond donors (Lipinski definition) is 1. The maximum Gasteiger partial charge on any atom is 0.324 e. The van der Waals surface area contributed by atoms with Crippen LogP contribution in [0.4, 0.5) is 0 Å². The van der Waals surface area contributed by atoms with Crippen molar-refractivity contribution < 1.29 is 9.53 Å². The van der Waals surface area contributed by atoms with Crippen LogP contribution >= 0.6 is 11.8 Å². The van der Waals surface area contributed by atoms with Crippen molar-refractivity contribution in [3.63, 3.8) is 0 Å². The minimum absolute atomic E-state index is 0.246. The van der Waals surface area contributed by atoms with E-state index in [2.05, 4.69) is 4.74 Å². The number of nitrogens with two attached hydrogens (primary N) is 1. The molecule has 0 saturated heterocycles. The monoisotopic (exact) mass is 173 g/mol. The van der Waals surface area contributed by atoms with Gasteiger partial charge in [-0.05, 0) is 12.5 Å². The number of carbonyl (C=O) groups is 1. The molecule has 0 radical (unpaired) electrons. The molecule has 0 bridgehead atoms. The van der Waals surface area contributed by atoms with Gasteiger partial charge in [-0.3, -0.25) is 4.79 Å². The maximum atomic E-state index is 11.0. The fourth-order valence-corrected chi connectivity index (χ4v) is 2.10. The molecule has 3 nitrogen and oxygen atoms in total. The molecule has 0 aromatic carbocycles. The predicted molar refractivity (Wildman–Crippen MR) is 45.1 cm³/mol. The molecule has 0 aromatic rings. The highest BCUT2D eigenvalue weighted by molar-refractivity contribution is 8.01. The predicted octanol–water partition coefficient (Wildman–Crippen LogP) is 0.507. The van der Waals surface area contributed by atoms with Gasteiger partial charge in [0.05, 0.1) is 7.11 Å². The Labute approximate surface area is 70.0 Å². The number of esters is 1. The zero-order valence-electron chi connectivity index (χ0n) is 6.59. The van der Waals surface area contributed by atoms with Crippen molar-refractivity contribution in [2.75, 3.05) is 12.9 Å². The van der Waals surface area contributed by atoms with Gasteiger partial charge < -0.3 is 10.5 Å². The molecule has 1 unspecified atom stereocenters. The second-order valence-corrected chi connectivity index (χ2v) is 3.54. The summed E-state index contributed by atoms with van der Waals surface area (Å²) in [6.45, 7) is 1.94. The van der Waals surface area contributed by atoms with Gasteiger partial charge in [-0.2, -0.15) is 0 Å². The molecule has 1 aliphatic heterocycles. The summed E-state index contributed by atoms with van der Waals surface area (Å²) in [5.74, 6) is 0.593. The molecule has 2 N–H and O–H groups in total. The number of hydrogen-bond acceptors (Lipinski definition) is 4. The van der Waals surface area contributed by atoms with E-state index in [0.29, 0.717) is 5.70 Å². The summed E-state index contributed by atoms with van der Waals surface area (Å²) in [5.41, 5.74) is 7.41. The minimum atomic E-state index is -0.264. The van der Waals surface area contributed by atoms with Crippen LogP contribution in [0.1, 0.15) is 6.92 Å². The third kappa shape index (κ3) is 1.50. The highest BCUT2D eigenvalue weighted by Crippen LogP contribution is 2.29. The molecule has 0 saturated carbocycles. The van der Waals surface area contributed by atoms with Crippen LogP contribution in [0, 0.1) is 0 Å². The van der Waals surface area contributed by atoms with Crippen LogP contribution in [0.15, 0.2) is 11.3 Å². The first-order valence-electron chi connectivity index (χ1n) is 3.31. The van der Waals surface area contributed by atoms with Crippen LogP contribution in [0.25, 0.3) is 0 Å². The maximum absolute atomic E-state index is 11.0. The average molecular weight is 173 g/mol. The van der Waals surface area contributed by atoms with Crippen LogP contribution in [0.2, 0.25) is 0 Å². The number of ether oxygens (including phenoxy) is 1. The van der Waals surface area contributed by atoms with Crippen LogP contribution in [0.3, 0.4) is 0 Å². The van der Waals surface area contributed by atoms with Crippen molar-refractivity contribution in [1.29, 1.82) is 0 Å². The lowest BCUT2D eigenvalue weighted by Crippen LogP contribution is -2.23. The standard InChI is InChI=1S/C7H11NO2S/c1-4-3-11-6(5(4)8)7(9)10-2/h6H,3,8H2,1-2H3. The van der Waals surface area contributed by atoms with Gasteiger partial charge in [-0.25, -0.2) is 0 Å². The van der Waals surface area contributed by atoms with E-state index in [1.807, 2.05) is 6.92 Å². The van der Waals surface area contributed by atoms with E-state index in [1.165, 1.54) is 18.9 Å². The summed E-state index contributed by atoms with van der Waals surface area (Å²) in [7, 11) is 1.38. The number of rotatable bonds is 1. The van der Waals surface area contributed by atoms with Gasteiger partial charge in [0.2, 0.25) is 0 Å². The van der Waals surface area contributed by atoms with E-state index >= 15 is 0 Å². The number of carbonyl (C=O) groups excluding carboxylic acids is 1. The average Bonchev–Trinajstić information content (AvgIpc) is 2.32. The third-order valence-corrected chi connectivity index (χ3v) is 3.04. The van der Waals surface area contributed by atoms with Crippen molar-refractivity contribution >= 4 is 17.7 Å². The summed E-state index contributed by atoms with van der Waals surface area (Å²) < 4.78 is 4.58. The van der Waals surface area contributed by atoms with Crippen LogP contribution < -0.4 is 5.73 Å². The Morgan fingerprint density at radius 2 is 2.45 bits per heavy atom. The van der Waals surface area contributed by atoms with E-state index in [4.69, 9.17) is 5.73 Å². The zero-order chi connectivity index (χ0) is 8.43. The number of methoxy groups -OCH3 is 1. The van der Waals surface area contributed by atoms with Crippen LogP contribution in [0.5, 0.6) is 0 Å². The first-order valence-corrected chi connectivity index (χ1v) is 4.36. The summed E-state index contributed by atoms with van der Waals surface area (Å²) in [5, 5.41) is -0.264. The molecule has 0 aliphatic carbocycles. The van der Waals surface area contributed by atoms with Crippen LogP contribution in [-0.4, -0.2) is 24.1 Å². The quantitative estimate of drug-likeness (QED) is 0.587. The van der Waals surface area contributed by atoms with E-state index in [1.54, 1.807) is 0 Å². The minimum Gasteiger partial charge on any atom is -0.468 e. The Bertz CT molecular complexity index is 212. The highest BCUT2D eigenvalue weighted by atomic mass is 32.2. The molecule has 1 heterocycles. The van der Waals surface area contributed by atoms with E-state index in [9.17, 15) is 4.79 Å². The van der Waals surface area contributed by atoms with Gasteiger partial charge >= 0.3 is 5.97 Å². The lowest BCUT2D eigenvalue weighted by molar-refractivity contribution is -0.139. The van der Waals surface area contributed by atoms with Gasteiger partial charge in [-0.15, -0.1) is 11.8 Å². The third-order valence-electron chi connectivity index (χ3n) is 1.66. The van der Waals surface area contributed by atoms with Gasteiger partial charge in [0, 0.05) is 11.4 Å². The van der Waals surface area contributed by atoms with Crippen molar-refractivity contribution in [3.05, 3.63) is 11.3 Å². The van der Waals surface area contributed by atoms with E-state index in [-0.39, 0.29) is 11.2 Å². The Morgan fingerprint density at radius 1 is 1.82 bits per heavy atom. The molecular formula is C7H11NO2S. The summed E-state index contributed by atoms with van der Waals surface area (Å²) in [4.78, 5) is 11.0. The molecule has 0 fully saturated rings. The topological polar surface area (TPSA) is 52.3 Å². The Kier molecular flexibility index (Phi) is 2.44. The molecule has 62 valence electrons. The highest BCUT2D eigenvalue weighted by Gasteiger charge is 2.28. The van der Waals surface area contributed by atoms with Crippen molar-refractivity contribution in [3.8, 4) is 0 Å². The normalized spacial score (nSPS) is 24.0. The van der Waals surface area contributed by atoms with Gasteiger partial charge in [-0.1, -0.05) is 0 Å². The molecular weight excluding hydrogens is 162 g/mol. The molecule has 1 atom stereocenters. The SMILES string of the molecule is COC(=O)C1SCC(C)=C1N. The lowest BCUT2D eigenvalue weighted by atomic mass is 10.2. The Morgan fingerprint density at radius 3 is 2.82 bits per heavy atom. The lowest BCUT2D eigenvalue weighted by Gasteiger charge is -2.06. The molecule has 4 heteroatoms. The number of thioether (sulfide) groups is 1. The van der Waals surface area contributed by atoms with E-state index in [0.717, 1.165) is 11.3 Å². The van der Waals surface area contributed by atoms with E-state index < -0.39 is 0 Å². The summed E-state index contributed by atoms with van der Waals surface area (Å²) >= 11 is 1.52. The van der Waals surface area contributed by atoms with Gasteiger partial charge in [0.15, 0.2) is 0 Å². The first-order chi connectivity index (χ1) is 5.16. The van der Waals surface area contributed by atoms with Crippen molar-refractivity contribution in [1.82, 2.24) is 0 Å². The molecule has 0 aromatic heterocycles. The zero-order valence-corrected chi connectivity index (χ0v) is 7.40. The Hall–Kier alpha value is -0.640. The summed E-state index contributed by atoms with van der Waals surface area (Å²) in [6.07, 6.45) is 0. The van der Waals surface area contributed by atoms with Crippen LogP contribution in [-0.2, 0) is 9.53 Å². The Balaban J connectivity index is 2.71. The van der Waals surface area contributed by atoms with Crippen molar-refractivity contribution in [2.24, 2.45) is 5.73 Å². The molecule has 1 rings (SSSR count). The smallest absolute Gasteiger partial charge is 0.324 e. The molecule has 11 heavy (non-hydrogen) atoms.